The van der Waals surface area contributed by atoms with Gasteiger partial charge >= 0.3 is 6.09 Å². The lowest BCUT2D eigenvalue weighted by Gasteiger charge is -2.16. The Labute approximate surface area is 137 Å². The van der Waals surface area contributed by atoms with Crippen molar-refractivity contribution >= 4 is 40.2 Å². The molecule has 0 radical (unpaired) electrons. The lowest BCUT2D eigenvalue weighted by molar-refractivity contribution is 0.147. The van der Waals surface area contributed by atoms with E-state index in [2.05, 4.69) is 0 Å². The number of halogens is 2. The molecule has 118 valence electrons. The molecule has 1 aliphatic heterocycles. The Hall–Kier alpha value is -1.43. The van der Waals surface area contributed by atoms with E-state index in [1.54, 1.807) is 12.1 Å². The molecule has 2 heterocycles. The Morgan fingerprint density at radius 1 is 1.18 bits per heavy atom. The Balaban J connectivity index is 2.20. The summed E-state index contributed by atoms with van der Waals surface area (Å²) in [4.78, 5) is 12.6. The van der Waals surface area contributed by atoms with E-state index in [1.807, 2.05) is 4.57 Å². The quantitative estimate of drug-likeness (QED) is 0.881. The van der Waals surface area contributed by atoms with Crippen LogP contribution in [0.1, 0.15) is 11.3 Å². The number of amides is 1. The molecule has 1 aliphatic rings. The SMILES string of the molecule is O=C(O)N1CCc2c(n(CCO)c3c(Cl)ccc(Cl)c23)CC1. The third-order valence-electron chi connectivity index (χ3n) is 4.17. The fourth-order valence-electron chi connectivity index (χ4n) is 3.23. The van der Waals surface area contributed by atoms with Crippen LogP contribution in [-0.4, -0.2) is 45.5 Å². The fraction of sp³-hybridized carbons (Fsp3) is 0.400. The van der Waals surface area contributed by atoms with Crippen molar-refractivity contribution in [2.75, 3.05) is 19.7 Å². The fourth-order valence-corrected chi connectivity index (χ4v) is 3.75. The van der Waals surface area contributed by atoms with E-state index in [0.717, 1.165) is 22.2 Å². The van der Waals surface area contributed by atoms with Crippen LogP contribution in [0.4, 0.5) is 4.79 Å². The van der Waals surface area contributed by atoms with E-state index in [4.69, 9.17) is 23.2 Å². The first kappa shape index (κ1) is 15.5. The number of aliphatic hydroxyl groups is 1. The molecule has 0 bridgehead atoms. The van der Waals surface area contributed by atoms with Crippen molar-refractivity contribution in [3.63, 3.8) is 0 Å². The molecule has 0 spiro atoms. The highest BCUT2D eigenvalue weighted by Gasteiger charge is 2.25. The summed E-state index contributed by atoms with van der Waals surface area (Å²) in [6.45, 7) is 1.27. The van der Waals surface area contributed by atoms with E-state index in [-0.39, 0.29) is 6.61 Å². The Morgan fingerprint density at radius 2 is 1.86 bits per heavy atom. The van der Waals surface area contributed by atoms with Crippen LogP contribution in [0.3, 0.4) is 0 Å². The summed E-state index contributed by atoms with van der Waals surface area (Å²) in [6.07, 6.45) is 0.270. The van der Waals surface area contributed by atoms with E-state index < -0.39 is 6.09 Å². The summed E-state index contributed by atoms with van der Waals surface area (Å²) in [5, 5.41) is 20.6. The van der Waals surface area contributed by atoms with Crippen LogP contribution in [0.15, 0.2) is 12.1 Å². The summed E-state index contributed by atoms with van der Waals surface area (Å²) in [5.41, 5.74) is 2.89. The number of aromatic nitrogens is 1. The van der Waals surface area contributed by atoms with E-state index in [9.17, 15) is 15.0 Å². The normalized spacial score (nSPS) is 15.0. The molecule has 0 atom stereocenters. The van der Waals surface area contributed by atoms with Gasteiger partial charge in [0.1, 0.15) is 0 Å². The minimum atomic E-state index is -0.910. The van der Waals surface area contributed by atoms with Crippen molar-refractivity contribution in [3.8, 4) is 0 Å². The van der Waals surface area contributed by atoms with Crippen molar-refractivity contribution in [2.24, 2.45) is 0 Å². The van der Waals surface area contributed by atoms with Crippen LogP contribution in [0.2, 0.25) is 10.0 Å². The van der Waals surface area contributed by atoms with Crippen LogP contribution >= 0.6 is 23.2 Å². The smallest absolute Gasteiger partial charge is 0.407 e. The Bertz CT molecular complexity index is 742. The topological polar surface area (TPSA) is 65.7 Å². The number of hydrogen-bond acceptors (Lipinski definition) is 2. The minimum absolute atomic E-state index is 0.0122. The highest BCUT2D eigenvalue weighted by atomic mass is 35.5. The van der Waals surface area contributed by atoms with Crippen LogP contribution < -0.4 is 0 Å². The van der Waals surface area contributed by atoms with Gasteiger partial charge in [0.25, 0.3) is 0 Å². The number of aliphatic hydroxyl groups excluding tert-OH is 1. The molecule has 7 heteroatoms. The molecule has 1 amide bonds. The molecule has 5 nitrogen and oxygen atoms in total. The highest BCUT2D eigenvalue weighted by Crippen LogP contribution is 2.38. The summed E-state index contributed by atoms with van der Waals surface area (Å²) in [5.74, 6) is 0. The maximum atomic E-state index is 11.2. The highest BCUT2D eigenvalue weighted by molar-refractivity contribution is 6.40. The second-order valence-electron chi connectivity index (χ2n) is 5.32. The molecule has 2 aromatic rings. The molecular formula is C15H16Cl2N2O3. The third-order valence-corrected chi connectivity index (χ3v) is 4.79. The van der Waals surface area contributed by atoms with Crippen LogP contribution in [0, 0.1) is 0 Å². The molecule has 2 N–H and O–H groups in total. The number of carboxylic acid groups (broad SMARTS) is 1. The van der Waals surface area contributed by atoms with Crippen LogP contribution in [0.5, 0.6) is 0 Å². The average Bonchev–Trinajstić information content (AvgIpc) is 2.65. The standard InChI is InChI=1S/C15H16Cl2N2O3/c16-10-1-2-11(17)14-13(10)9-3-5-18(15(21)22)6-4-12(9)19(14)7-8-20/h1-2,20H,3-8H2,(H,21,22). The van der Waals surface area contributed by atoms with Gasteiger partial charge in [-0.15, -0.1) is 0 Å². The van der Waals surface area contributed by atoms with Crippen molar-refractivity contribution in [1.82, 2.24) is 9.47 Å². The largest absolute Gasteiger partial charge is 0.465 e. The molecule has 0 saturated carbocycles. The molecule has 0 fully saturated rings. The maximum Gasteiger partial charge on any atom is 0.407 e. The number of benzene rings is 1. The predicted molar refractivity (Wildman–Crippen MR) is 86.0 cm³/mol. The van der Waals surface area contributed by atoms with E-state index in [1.165, 1.54) is 4.90 Å². The van der Waals surface area contributed by atoms with E-state index >= 15 is 0 Å². The number of rotatable bonds is 2. The van der Waals surface area contributed by atoms with Gasteiger partial charge in [-0.3, -0.25) is 0 Å². The molecule has 0 saturated heterocycles. The molecule has 3 rings (SSSR count). The first-order valence-corrected chi connectivity index (χ1v) is 7.87. The van der Waals surface area contributed by atoms with Crippen molar-refractivity contribution in [3.05, 3.63) is 33.4 Å². The van der Waals surface area contributed by atoms with Gasteiger partial charge in [-0.2, -0.15) is 0 Å². The second-order valence-corrected chi connectivity index (χ2v) is 6.14. The van der Waals surface area contributed by atoms with Gasteiger partial charge in [-0.05, 0) is 24.1 Å². The van der Waals surface area contributed by atoms with E-state index in [0.29, 0.717) is 42.5 Å². The summed E-state index contributed by atoms with van der Waals surface area (Å²) in [7, 11) is 0. The second kappa shape index (κ2) is 5.99. The first-order chi connectivity index (χ1) is 10.5. The van der Waals surface area contributed by atoms with Crippen LogP contribution in [-0.2, 0) is 19.4 Å². The zero-order valence-corrected chi connectivity index (χ0v) is 13.4. The molecule has 1 aromatic heterocycles. The first-order valence-electron chi connectivity index (χ1n) is 7.11. The predicted octanol–water partition coefficient (Wildman–Crippen LogP) is 3.02. The lowest BCUT2D eigenvalue weighted by Crippen LogP contribution is -2.31. The monoisotopic (exact) mass is 342 g/mol. The van der Waals surface area contributed by atoms with Gasteiger partial charge in [0, 0.05) is 37.1 Å². The number of carbonyl (C=O) groups is 1. The summed E-state index contributed by atoms with van der Waals surface area (Å²) < 4.78 is 1.98. The summed E-state index contributed by atoms with van der Waals surface area (Å²) in [6, 6.07) is 3.51. The number of fused-ring (bicyclic) bond motifs is 3. The van der Waals surface area contributed by atoms with Gasteiger partial charge in [0.05, 0.1) is 22.2 Å². The molecule has 22 heavy (non-hydrogen) atoms. The Morgan fingerprint density at radius 3 is 2.55 bits per heavy atom. The van der Waals surface area contributed by atoms with Gasteiger partial charge in [0.2, 0.25) is 0 Å². The van der Waals surface area contributed by atoms with Gasteiger partial charge < -0.3 is 19.7 Å². The summed E-state index contributed by atoms with van der Waals surface area (Å²) >= 11 is 12.7. The zero-order valence-electron chi connectivity index (χ0n) is 11.9. The zero-order chi connectivity index (χ0) is 15.9. The molecule has 1 aromatic carbocycles. The van der Waals surface area contributed by atoms with Gasteiger partial charge in [-0.25, -0.2) is 4.79 Å². The van der Waals surface area contributed by atoms with Gasteiger partial charge in [-0.1, -0.05) is 23.2 Å². The Kier molecular flexibility index (Phi) is 4.21. The van der Waals surface area contributed by atoms with Crippen molar-refractivity contribution in [1.29, 1.82) is 0 Å². The average molecular weight is 343 g/mol. The lowest BCUT2D eigenvalue weighted by atomic mass is 10.1. The molecule has 0 unspecified atom stereocenters. The third kappa shape index (κ3) is 2.43. The number of nitrogens with zero attached hydrogens (tertiary/aromatic N) is 2. The number of hydrogen-bond donors (Lipinski definition) is 2. The van der Waals surface area contributed by atoms with Crippen molar-refractivity contribution in [2.45, 2.75) is 19.4 Å². The van der Waals surface area contributed by atoms with Gasteiger partial charge in [0.15, 0.2) is 0 Å². The van der Waals surface area contributed by atoms with Crippen molar-refractivity contribution < 1.29 is 15.0 Å². The molecular weight excluding hydrogens is 327 g/mol. The minimum Gasteiger partial charge on any atom is -0.465 e. The molecule has 0 aliphatic carbocycles. The van der Waals surface area contributed by atoms with Crippen LogP contribution in [0.25, 0.3) is 10.9 Å². The maximum absolute atomic E-state index is 11.2.